The predicted molar refractivity (Wildman–Crippen MR) is 80.0 cm³/mol. The molecule has 0 amide bonds. The third-order valence-corrected chi connectivity index (χ3v) is 3.99. The third kappa shape index (κ3) is 2.55. The first-order valence-electron chi connectivity index (χ1n) is 6.63. The van der Waals surface area contributed by atoms with Crippen LogP contribution >= 0.6 is 15.9 Å². The lowest BCUT2D eigenvalue weighted by Gasteiger charge is -2.19. The second kappa shape index (κ2) is 5.39. The van der Waals surface area contributed by atoms with E-state index in [2.05, 4.69) is 40.3 Å². The molecule has 0 radical (unpaired) electrons. The molecule has 1 aliphatic rings. The second-order valence-corrected chi connectivity index (χ2v) is 5.62. The summed E-state index contributed by atoms with van der Waals surface area (Å²) in [6.07, 6.45) is 2.01. The highest BCUT2D eigenvalue weighted by molar-refractivity contribution is 9.10. The Hall–Kier alpha value is -1.26. The number of rotatable bonds is 2. The van der Waals surface area contributed by atoms with E-state index < -0.39 is 0 Å². The summed E-state index contributed by atoms with van der Waals surface area (Å²) >= 11 is 3.46. The van der Waals surface area contributed by atoms with Crippen LogP contribution in [0.5, 0.6) is 0 Å². The van der Waals surface area contributed by atoms with Gasteiger partial charge >= 0.3 is 0 Å². The molecule has 0 fully saturated rings. The molecule has 2 heterocycles. The standard InChI is InChI=1S/C15H16BrN3/c1-2-13-12-7-8-17-9-14(12)19-15(18-13)10-3-5-11(16)6-4-10/h3-6,17H,2,7-9H2,1H3. The van der Waals surface area contributed by atoms with E-state index in [1.54, 1.807) is 0 Å². The fourth-order valence-electron chi connectivity index (χ4n) is 2.46. The molecule has 1 aliphatic heterocycles. The summed E-state index contributed by atoms with van der Waals surface area (Å²) in [6, 6.07) is 8.17. The van der Waals surface area contributed by atoms with Crippen LogP contribution in [0.1, 0.15) is 23.9 Å². The summed E-state index contributed by atoms with van der Waals surface area (Å²) in [4.78, 5) is 9.48. The van der Waals surface area contributed by atoms with Crippen molar-refractivity contribution in [3.63, 3.8) is 0 Å². The minimum Gasteiger partial charge on any atom is -0.311 e. The molecule has 0 saturated heterocycles. The van der Waals surface area contributed by atoms with Gasteiger partial charge in [-0.25, -0.2) is 9.97 Å². The molecule has 98 valence electrons. The van der Waals surface area contributed by atoms with Crippen LogP contribution in [0.4, 0.5) is 0 Å². The number of nitrogens with zero attached hydrogens (tertiary/aromatic N) is 2. The number of hydrogen-bond donors (Lipinski definition) is 1. The lowest BCUT2D eigenvalue weighted by atomic mass is 10.0. The fourth-order valence-corrected chi connectivity index (χ4v) is 2.72. The van der Waals surface area contributed by atoms with Crippen LogP contribution in [0.3, 0.4) is 0 Å². The van der Waals surface area contributed by atoms with Crippen LogP contribution in [-0.2, 0) is 19.4 Å². The zero-order chi connectivity index (χ0) is 13.2. The molecular formula is C15H16BrN3. The van der Waals surface area contributed by atoms with E-state index >= 15 is 0 Å². The van der Waals surface area contributed by atoms with Crippen molar-refractivity contribution < 1.29 is 0 Å². The average molecular weight is 318 g/mol. The Kier molecular flexibility index (Phi) is 3.62. The molecule has 0 unspecified atom stereocenters. The summed E-state index contributed by atoms with van der Waals surface area (Å²) in [5, 5.41) is 3.38. The summed E-state index contributed by atoms with van der Waals surface area (Å²) in [5.74, 6) is 0.840. The Labute approximate surface area is 121 Å². The first-order valence-corrected chi connectivity index (χ1v) is 7.42. The van der Waals surface area contributed by atoms with Crippen LogP contribution in [0.25, 0.3) is 11.4 Å². The quantitative estimate of drug-likeness (QED) is 0.924. The van der Waals surface area contributed by atoms with Gasteiger partial charge in [0.15, 0.2) is 5.82 Å². The van der Waals surface area contributed by atoms with Gasteiger partial charge in [-0.05, 0) is 37.1 Å². The normalized spacial score (nSPS) is 14.2. The van der Waals surface area contributed by atoms with E-state index in [1.165, 1.54) is 11.3 Å². The molecule has 4 heteroatoms. The number of aryl methyl sites for hydroxylation is 1. The van der Waals surface area contributed by atoms with E-state index in [0.717, 1.165) is 47.5 Å². The number of benzene rings is 1. The van der Waals surface area contributed by atoms with E-state index in [1.807, 2.05) is 12.1 Å². The van der Waals surface area contributed by atoms with Gasteiger partial charge in [-0.1, -0.05) is 35.0 Å². The lowest BCUT2D eigenvalue weighted by Crippen LogP contribution is -2.26. The molecule has 0 bridgehead atoms. The smallest absolute Gasteiger partial charge is 0.159 e. The van der Waals surface area contributed by atoms with Crippen LogP contribution < -0.4 is 5.32 Å². The maximum atomic E-state index is 4.75. The van der Waals surface area contributed by atoms with Crippen LogP contribution in [0.15, 0.2) is 28.7 Å². The minimum atomic E-state index is 0.840. The first kappa shape index (κ1) is 12.8. The molecule has 0 atom stereocenters. The van der Waals surface area contributed by atoms with E-state index in [-0.39, 0.29) is 0 Å². The summed E-state index contributed by atoms with van der Waals surface area (Å²) in [7, 11) is 0. The number of halogens is 1. The largest absolute Gasteiger partial charge is 0.311 e. The molecule has 1 aromatic carbocycles. The Morgan fingerprint density at radius 2 is 2.00 bits per heavy atom. The van der Waals surface area contributed by atoms with Crippen molar-refractivity contribution in [2.24, 2.45) is 0 Å². The van der Waals surface area contributed by atoms with Crippen molar-refractivity contribution in [3.05, 3.63) is 45.7 Å². The highest BCUT2D eigenvalue weighted by atomic mass is 79.9. The molecule has 1 N–H and O–H groups in total. The van der Waals surface area contributed by atoms with Gasteiger partial charge in [0.25, 0.3) is 0 Å². The maximum Gasteiger partial charge on any atom is 0.159 e. The van der Waals surface area contributed by atoms with Gasteiger partial charge in [-0.15, -0.1) is 0 Å². The second-order valence-electron chi connectivity index (χ2n) is 4.71. The topological polar surface area (TPSA) is 37.8 Å². The van der Waals surface area contributed by atoms with Crippen molar-refractivity contribution in [2.45, 2.75) is 26.3 Å². The van der Waals surface area contributed by atoms with Gasteiger partial charge in [0, 0.05) is 22.3 Å². The number of fused-ring (bicyclic) bond motifs is 1. The van der Waals surface area contributed by atoms with Crippen molar-refractivity contribution >= 4 is 15.9 Å². The van der Waals surface area contributed by atoms with E-state index in [0.29, 0.717) is 0 Å². The van der Waals surface area contributed by atoms with Gasteiger partial charge in [0.05, 0.1) is 5.69 Å². The summed E-state index contributed by atoms with van der Waals surface area (Å²) < 4.78 is 1.08. The van der Waals surface area contributed by atoms with Gasteiger partial charge < -0.3 is 5.32 Å². The van der Waals surface area contributed by atoms with Crippen molar-refractivity contribution in [1.82, 2.24) is 15.3 Å². The Balaban J connectivity index is 2.09. The fraction of sp³-hybridized carbons (Fsp3) is 0.333. The van der Waals surface area contributed by atoms with Gasteiger partial charge in [0.2, 0.25) is 0 Å². The Morgan fingerprint density at radius 3 is 2.74 bits per heavy atom. The SMILES string of the molecule is CCc1nc(-c2ccc(Br)cc2)nc2c1CCNC2. The summed E-state index contributed by atoms with van der Waals surface area (Å²) in [5.41, 5.74) is 4.79. The monoisotopic (exact) mass is 317 g/mol. The number of nitrogens with one attached hydrogen (secondary N) is 1. The molecule has 3 rings (SSSR count). The van der Waals surface area contributed by atoms with Crippen LogP contribution in [0.2, 0.25) is 0 Å². The molecular weight excluding hydrogens is 302 g/mol. The molecule has 0 aliphatic carbocycles. The third-order valence-electron chi connectivity index (χ3n) is 3.46. The molecule has 0 spiro atoms. The van der Waals surface area contributed by atoms with Crippen molar-refractivity contribution in [2.75, 3.05) is 6.54 Å². The number of hydrogen-bond acceptors (Lipinski definition) is 3. The molecule has 0 saturated carbocycles. The van der Waals surface area contributed by atoms with E-state index in [4.69, 9.17) is 9.97 Å². The van der Waals surface area contributed by atoms with Gasteiger partial charge in [-0.2, -0.15) is 0 Å². The molecule has 3 nitrogen and oxygen atoms in total. The highest BCUT2D eigenvalue weighted by Crippen LogP contribution is 2.23. The van der Waals surface area contributed by atoms with Crippen LogP contribution in [0, 0.1) is 0 Å². The minimum absolute atomic E-state index is 0.840. The maximum absolute atomic E-state index is 4.75. The Bertz CT molecular complexity index is 576. The summed E-state index contributed by atoms with van der Waals surface area (Å²) in [6.45, 7) is 4.05. The van der Waals surface area contributed by atoms with Crippen LogP contribution in [-0.4, -0.2) is 16.5 Å². The lowest BCUT2D eigenvalue weighted by molar-refractivity contribution is 0.617. The zero-order valence-electron chi connectivity index (χ0n) is 10.9. The van der Waals surface area contributed by atoms with Crippen molar-refractivity contribution in [1.29, 1.82) is 0 Å². The molecule has 2 aromatic rings. The average Bonchev–Trinajstić information content (AvgIpc) is 2.47. The first-order chi connectivity index (χ1) is 9.28. The van der Waals surface area contributed by atoms with Gasteiger partial charge in [-0.3, -0.25) is 0 Å². The van der Waals surface area contributed by atoms with E-state index in [9.17, 15) is 0 Å². The van der Waals surface area contributed by atoms with Crippen molar-refractivity contribution in [3.8, 4) is 11.4 Å². The molecule has 1 aromatic heterocycles. The molecule has 19 heavy (non-hydrogen) atoms. The van der Waals surface area contributed by atoms with Gasteiger partial charge in [0.1, 0.15) is 0 Å². The predicted octanol–water partition coefficient (Wildman–Crippen LogP) is 3.11. The Morgan fingerprint density at radius 1 is 1.21 bits per heavy atom. The number of aromatic nitrogens is 2. The highest BCUT2D eigenvalue weighted by Gasteiger charge is 2.16. The zero-order valence-corrected chi connectivity index (χ0v) is 12.5.